The van der Waals surface area contributed by atoms with E-state index in [9.17, 15) is 0 Å². The highest BCUT2D eigenvalue weighted by molar-refractivity contribution is 6.76. The highest BCUT2D eigenvalue weighted by Crippen LogP contribution is 2.59. The van der Waals surface area contributed by atoms with E-state index in [4.69, 9.17) is 4.74 Å². The van der Waals surface area contributed by atoms with Crippen LogP contribution in [0.3, 0.4) is 0 Å². The predicted molar refractivity (Wildman–Crippen MR) is 89.8 cm³/mol. The first kappa shape index (κ1) is 15.8. The first-order valence-corrected chi connectivity index (χ1v) is 11.5. The van der Waals surface area contributed by atoms with Gasteiger partial charge in [-0.25, -0.2) is 0 Å². The minimum absolute atomic E-state index is 0.145. The van der Waals surface area contributed by atoms with Gasteiger partial charge < -0.3 is 4.74 Å². The summed E-state index contributed by atoms with van der Waals surface area (Å²) in [5.41, 5.74) is 1.63. The molecule has 0 amide bonds. The van der Waals surface area contributed by atoms with Crippen molar-refractivity contribution in [1.82, 2.24) is 0 Å². The third kappa shape index (κ3) is 2.87. The van der Waals surface area contributed by atoms with Gasteiger partial charge in [-0.1, -0.05) is 62.9 Å². The van der Waals surface area contributed by atoms with Crippen LogP contribution in [0.4, 0.5) is 0 Å². The molecule has 3 unspecified atom stereocenters. The van der Waals surface area contributed by atoms with Crippen molar-refractivity contribution in [3.63, 3.8) is 0 Å². The van der Waals surface area contributed by atoms with Crippen molar-refractivity contribution >= 4 is 8.07 Å². The van der Waals surface area contributed by atoms with Crippen molar-refractivity contribution in [3.8, 4) is 0 Å². The number of ether oxygens (including phenoxy) is 1. The lowest BCUT2D eigenvalue weighted by Crippen LogP contribution is -2.52. The zero-order valence-electron chi connectivity index (χ0n) is 14.0. The maximum absolute atomic E-state index is 6.05. The Morgan fingerprint density at radius 2 is 1.85 bits per heavy atom. The molecule has 20 heavy (non-hydrogen) atoms. The van der Waals surface area contributed by atoms with Crippen molar-refractivity contribution in [2.75, 3.05) is 7.11 Å². The second-order valence-corrected chi connectivity index (χ2v) is 13.6. The molecule has 0 aromatic heterocycles. The van der Waals surface area contributed by atoms with Gasteiger partial charge in [-0.05, 0) is 36.7 Å². The maximum Gasteiger partial charge on any atom is 0.0932 e. The van der Waals surface area contributed by atoms with Crippen LogP contribution < -0.4 is 0 Å². The predicted octanol–water partition coefficient (Wildman–Crippen LogP) is 5.30. The van der Waals surface area contributed by atoms with E-state index in [-0.39, 0.29) is 5.60 Å². The van der Waals surface area contributed by atoms with E-state index in [0.717, 1.165) is 0 Å². The largest absolute Gasteiger partial charge is 0.374 e. The fraction of sp³-hybridized carbons (Fsp3) is 0.667. The summed E-state index contributed by atoms with van der Waals surface area (Å²) in [5.74, 6) is 0.633. The van der Waals surface area contributed by atoms with Crippen molar-refractivity contribution in [3.05, 3.63) is 35.9 Å². The quantitative estimate of drug-likeness (QED) is 0.668. The average molecular weight is 291 g/mol. The van der Waals surface area contributed by atoms with Crippen molar-refractivity contribution in [2.45, 2.75) is 58.0 Å². The Balaban J connectivity index is 2.29. The molecule has 1 fully saturated rings. The van der Waals surface area contributed by atoms with Gasteiger partial charge in [-0.3, -0.25) is 0 Å². The molecule has 0 radical (unpaired) electrons. The molecular formula is C18H30OSi. The van der Waals surface area contributed by atoms with Crippen LogP contribution in [0.15, 0.2) is 30.3 Å². The van der Waals surface area contributed by atoms with E-state index in [1.54, 1.807) is 0 Å². The fourth-order valence-corrected chi connectivity index (χ4v) is 7.22. The molecule has 0 aliphatic heterocycles. The molecule has 0 saturated heterocycles. The molecule has 112 valence electrons. The summed E-state index contributed by atoms with van der Waals surface area (Å²) in [6, 6.07) is 12.2. The number of methoxy groups -OCH3 is 1. The number of benzene rings is 1. The lowest BCUT2D eigenvalue weighted by molar-refractivity contribution is -0.136. The van der Waals surface area contributed by atoms with Gasteiger partial charge in [0, 0.05) is 15.2 Å². The minimum Gasteiger partial charge on any atom is -0.374 e. The molecule has 2 rings (SSSR count). The Hall–Kier alpha value is -0.603. The van der Waals surface area contributed by atoms with Crippen molar-refractivity contribution in [1.29, 1.82) is 0 Å². The van der Waals surface area contributed by atoms with Gasteiger partial charge in [0.25, 0.3) is 0 Å². The van der Waals surface area contributed by atoms with Gasteiger partial charge in [-0.2, -0.15) is 0 Å². The van der Waals surface area contributed by atoms with Crippen LogP contribution >= 0.6 is 0 Å². The third-order valence-corrected chi connectivity index (χ3v) is 7.08. The molecule has 3 atom stereocenters. The maximum atomic E-state index is 6.05. The molecule has 1 nitrogen and oxygen atoms in total. The van der Waals surface area contributed by atoms with Crippen LogP contribution in [0.25, 0.3) is 0 Å². The fourth-order valence-electron chi connectivity index (χ4n) is 4.38. The van der Waals surface area contributed by atoms with Gasteiger partial charge in [0.05, 0.1) is 5.60 Å². The third-order valence-electron chi connectivity index (χ3n) is 5.22. The van der Waals surface area contributed by atoms with Gasteiger partial charge in [0.2, 0.25) is 0 Å². The van der Waals surface area contributed by atoms with Crippen LogP contribution in [0.1, 0.15) is 32.3 Å². The summed E-state index contributed by atoms with van der Waals surface area (Å²) in [6.07, 6.45) is 2.65. The van der Waals surface area contributed by atoms with Gasteiger partial charge in [0.15, 0.2) is 0 Å². The van der Waals surface area contributed by atoms with E-state index in [1.807, 2.05) is 7.11 Å². The summed E-state index contributed by atoms with van der Waals surface area (Å²) >= 11 is 0. The molecular weight excluding hydrogens is 260 g/mol. The van der Waals surface area contributed by atoms with Gasteiger partial charge in [-0.15, -0.1) is 0 Å². The van der Waals surface area contributed by atoms with Crippen LogP contribution in [0, 0.1) is 11.3 Å². The molecule has 1 aliphatic rings. The highest BCUT2D eigenvalue weighted by atomic mass is 28.3. The molecule has 0 N–H and O–H groups in total. The molecule has 1 aromatic rings. The number of rotatable bonds is 5. The standard InChI is InChI=1S/C18H30OSi/c1-17(14-20(4,5)6)13-12-16(17)18(2,19-3)15-10-8-7-9-11-15/h7-11,16H,12-14H2,1-6H3. The lowest BCUT2D eigenvalue weighted by atomic mass is 9.55. The van der Waals surface area contributed by atoms with E-state index < -0.39 is 8.07 Å². The second-order valence-electron chi connectivity index (χ2n) is 8.16. The van der Waals surface area contributed by atoms with Crippen molar-refractivity contribution in [2.24, 2.45) is 11.3 Å². The summed E-state index contributed by atoms with van der Waals surface area (Å²) < 4.78 is 6.05. The highest BCUT2D eigenvalue weighted by Gasteiger charge is 2.54. The summed E-state index contributed by atoms with van der Waals surface area (Å²) in [4.78, 5) is 0. The molecule has 2 heteroatoms. The van der Waals surface area contributed by atoms with Gasteiger partial charge >= 0.3 is 0 Å². The molecule has 0 heterocycles. The first-order chi connectivity index (χ1) is 9.21. The normalized spacial score (nSPS) is 29.6. The van der Waals surface area contributed by atoms with Crippen LogP contribution in [-0.2, 0) is 10.3 Å². The summed E-state index contributed by atoms with van der Waals surface area (Å²) in [6.45, 7) is 12.2. The zero-order valence-corrected chi connectivity index (χ0v) is 15.0. The van der Waals surface area contributed by atoms with E-state index in [2.05, 4.69) is 63.8 Å². The van der Waals surface area contributed by atoms with Crippen molar-refractivity contribution < 1.29 is 4.74 Å². The molecule has 1 aliphatic carbocycles. The van der Waals surface area contributed by atoms with Gasteiger partial charge in [0.1, 0.15) is 0 Å². The van der Waals surface area contributed by atoms with E-state index in [1.165, 1.54) is 24.4 Å². The Kier molecular flexibility index (Phi) is 4.19. The molecule has 0 spiro atoms. The Morgan fingerprint density at radius 1 is 1.25 bits per heavy atom. The Bertz CT molecular complexity index is 450. The Labute approximate surface area is 125 Å². The zero-order chi connectivity index (χ0) is 15.0. The number of hydrogen-bond acceptors (Lipinski definition) is 1. The Morgan fingerprint density at radius 3 is 2.25 bits per heavy atom. The van der Waals surface area contributed by atoms with E-state index in [0.29, 0.717) is 11.3 Å². The summed E-state index contributed by atoms with van der Waals surface area (Å²) in [5, 5.41) is 0. The van der Waals surface area contributed by atoms with Crippen LogP contribution in [0.2, 0.25) is 25.7 Å². The molecule has 0 bridgehead atoms. The monoisotopic (exact) mass is 290 g/mol. The minimum atomic E-state index is -1.05. The molecule has 1 saturated carbocycles. The van der Waals surface area contributed by atoms with Crippen LogP contribution in [-0.4, -0.2) is 15.2 Å². The lowest BCUT2D eigenvalue weighted by Gasteiger charge is -2.57. The SMILES string of the molecule is COC(C)(c1ccccc1)C1CCC1(C)C[Si](C)(C)C. The smallest absolute Gasteiger partial charge is 0.0932 e. The first-order valence-electron chi connectivity index (χ1n) is 7.82. The number of hydrogen-bond donors (Lipinski definition) is 0. The topological polar surface area (TPSA) is 9.23 Å². The summed E-state index contributed by atoms with van der Waals surface area (Å²) in [7, 11) is 0.823. The second kappa shape index (κ2) is 5.30. The van der Waals surface area contributed by atoms with Crippen LogP contribution in [0.5, 0.6) is 0 Å². The van der Waals surface area contributed by atoms with E-state index >= 15 is 0 Å². The molecule has 1 aromatic carbocycles. The average Bonchev–Trinajstić information content (AvgIpc) is 2.36.